The second kappa shape index (κ2) is 8.07. The molecular weight excluding hydrogens is 396 g/mol. The molecule has 0 aliphatic heterocycles. The van der Waals surface area contributed by atoms with Crippen LogP contribution in [0.4, 0.5) is 0 Å². The van der Waals surface area contributed by atoms with E-state index in [4.69, 9.17) is 0 Å². The van der Waals surface area contributed by atoms with Gasteiger partial charge in [-0.3, -0.25) is 18.6 Å². The van der Waals surface area contributed by atoms with Crippen molar-refractivity contribution in [1.29, 1.82) is 0 Å². The number of carbonyl (C=O) groups is 1. The summed E-state index contributed by atoms with van der Waals surface area (Å²) < 4.78 is 3.55. The van der Waals surface area contributed by atoms with E-state index in [0.717, 1.165) is 23.1 Å². The maximum absolute atomic E-state index is 13.0. The number of thioether (sulfide) groups is 1. The topological polar surface area (TPSA) is 69.3 Å². The molecule has 0 saturated heterocycles. The Kier molecular flexibility index (Phi) is 5.47. The van der Waals surface area contributed by atoms with Gasteiger partial charge in [0.15, 0.2) is 10.9 Å². The molecule has 7 heteroatoms. The lowest BCUT2D eigenvalue weighted by Gasteiger charge is -2.13. The van der Waals surface area contributed by atoms with Gasteiger partial charge in [-0.2, -0.15) is 0 Å². The van der Waals surface area contributed by atoms with E-state index < -0.39 is 0 Å². The molecule has 30 heavy (non-hydrogen) atoms. The molecule has 0 radical (unpaired) electrons. The number of aryl methyl sites for hydroxylation is 3. The molecule has 2 heterocycles. The smallest absolute Gasteiger partial charge is 0.262 e. The molecule has 6 nitrogen and oxygen atoms in total. The van der Waals surface area contributed by atoms with E-state index in [9.17, 15) is 9.59 Å². The lowest BCUT2D eigenvalue weighted by atomic mass is 10.0. The first-order valence-electron chi connectivity index (χ1n) is 10.1. The molecule has 0 aliphatic rings. The van der Waals surface area contributed by atoms with E-state index in [-0.39, 0.29) is 16.6 Å². The highest BCUT2D eigenvalue weighted by Crippen LogP contribution is 2.27. The molecule has 0 amide bonds. The number of carbonyl (C=O) groups excluding carboxylic acids is 1. The molecule has 1 atom stereocenters. The van der Waals surface area contributed by atoms with Crippen molar-refractivity contribution in [3.8, 4) is 0 Å². The van der Waals surface area contributed by atoms with Crippen LogP contribution in [0.3, 0.4) is 0 Å². The van der Waals surface area contributed by atoms with Gasteiger partial charge in [0.05, 0.1) is 16.2 Å². The van der Waals surface area contributed by atoms with Crippen LogP contribution in [0.25, 0.3) is 16.7 Å². The summed E-state index contributed by atoms with van der Waals surface area (Å²) in [7, 11) is 0. The van der Waals surface area contributed by atoms with E-state index in [1.807, 2.05) is 74.6 Å². The fourth-order valence-corrected chi connectivity index (χ4v) is 4.51. The number of hydrogen-bond acceptors (Lipinski definition) is 5. The maximum Gasteiger partial charge on any atom is 0.262 e. The third-order valence-corrected chi connectivity index (χ3v) is 6.41. The van der Waals surface area contributed by atoms with E-state index >= 15 is 0 Å². The molecule has 0 aliphatic carbocycles. The van der Waals surface area contributed by atoms with Gasteiger partial charge in [-0.1, -0.05) is 43.0 Å². The zero-order chi connectivity index (χ0) is 21.4. The third-order valence-electron chi connectivity index (χ3n) is 5.37. The van der Waals surface area contributed by atoms with Crippen LogP contribution in [0.15, 0.2) is 52.4 Å². The molecule has 1 unspecified atom stereocenters. The van der Waals surface area contributed by atoms with E-state index in [2.05, 4.69) is 10.2 Å². The number of nitrogens with zero attached hydrogens (tertiary/aromatic N) is 4. The Morgan fingerprint density at radius 2 is 1.87 bits per heavy atom. The maximum atomic E-state index is 13.0. The molecule has 0 saturated carbocycles. The summed E-state index contributed by atoms with van der Waals surface area (Å²) in [5, 5.41) is 9.53. The van der Waals surface area contributed by atoms with Crippen molar-refractivity contribution in [3.63, 3.8) is 0 Å². The highest BCUT2D eigenvalue weighted by molar-refractivity contribution is 8.00. The van der Waals surface area contributed by atoms with Gasteiger partial charge in [-0.25, -0.2) is 0 Å². The Balaban J connectivity index is 1.79. The molecule has 2 aromatic heterocycles. The predicted octanol–water partition coefficient (Wildman–Crippen LogP) is 4.43. The number of hydrogen-bond donors (Lipinski definition) is 0. The van der Waals surface area contributed by atoms with Crippen LogP contribution >= 0.6 is 11.8 Å². The average molecular weight is 421 g/mol. The third kappa shape index (κ3) is 3.43. The molecular formula is C23H24N4O2S. The predicted molar refractivity (Wildman–Crippen MR) is 121 cm³/mol. The van der Waals surface area contributed by atoms with Crippen molar-refractivity contribution in [2.45, 2.75) is 51.1 Å². The number of rotatable bonds is 6. The summed E-state index contributed by atoms with van der Waals surface area (Å²) >= 11 is 1.36. The Labute approximate surface area is 178 Å². The largest absolute Gasteiger partial charge is 0.293 e. The number of Topliss-reactive ketones (excluding diaryl/α,β-unsaturated/α-hetero) is 1. The Morgan fingerprint density at radius 3 is 2.60 bits per heavy atom. The lowest BCUT2D eigenvalue weighted by molar-refractivity contribution is 0.0993. The van der Waals surface area contributed by atoms with Crippen molar-refractivity contribution < 1.29 is 4.79 Å². The zero-order valence-corrected chi connectivity index (χ0v) is 18.4. The summed E-state index contributed by atoms with van der Waals surface area (Å²) in [4.78, 5) is 26.0. The summed E-state index contributed by atoms with van der Waals surface area (Å²) in [5.74, 6) is 0.555. The van der Waals surface area contributed by atoms with Crippen molar-refractivity contribution in [2.24, 2.45) is 0 Å². The highest BCUT2D eigenvalue weighted by atomic mass is 32.2. The molecule has 2 aromatic carbocycles. The molecule has 4 aromatic rings. The second-order valence-electron chi connectivity index (χ2n) is 7.52. The van der Waals surface area contributed by atoms with Crippen LogP contribution in [-0.2, 0) is 6.54 Å². The SMILES string of the molecule is CCCn1c(=O)c2ccccc2n2c(SC(C)C(=O)c3ccc(C)c(C)c3)nnc12. The highest BCUT2D eigenvalue weighted by Gasteiger charge is 2.22. The number of benzene rings is 2. The van der Waals surface area contributed by atoms with Gasteiger partial charge in [-0.05, 0) is 56.5 Å². The van der Waals surface area contributed by atoms with Gasteiger partial charge < -0.3 is 0 Å². The van der Waals surface area contributed by atoms with Gasteiger partial charge >= 0.3 is 0 Å². The minimum atomic E-state index is -0.343. The van der Waals surface area contributed by atoms with Crippen molar-refractivity contribution in [2.75, 3.05) is 0 Å². The van der Waals surface area contributed by atoms with Crippen LogP contribution in [0.5, 0.6) is 0 Å². The first kappa shape index (κ1) is 20.3. The molecule has 0 fully saturated rings. The second-order valence-corrected chi connectivity index (χ2v) is 8.82. The van der Waals surface area contributed by atoms with Gasteiger partial charge in [-0.15, -0.1) is 10.2 Å². The quantitative estimate of drug-likeness (QED) is 0.341. The number of aromatic nitrogens is 4. The zero-order valence-electron chi connectivity index (χ0n) is 17.5. The van der Waals surface area contributed by atoms with Gasteiger partial charge in [0.2, 0.25) is 5.78 Å². The minimum absolute atomic E-state index is 0.0473. The monoisotopic (exact) mass is 420 g/mol. The van der Waals surface area contributed by atoms with Crippen molar-refractivity contribution in [1.82, 2.24) is 19.2 Å². The van der Waals surface area contributed by atoms with Crippen LogP contribution < -0.4 is 5.56 Å². The van der Waals surface area contributed by atoms with E-state index in [0.29, 0.717) is 28.4 Å². The first-order valence-corrected chi connectivity index (χ1v) is 10.9. The van der Waals surface area contributed by atoms with E-state index in [1.165, 1.54) is 11.8 Å². The lowest BCUT2D eigenvalue weighted by Crippen LogP contribution is -2.23. The van der Waals surface area contributed by atoms with E-state index in [1.54, 1.807) is 4.57 Å². The normalized spacial score (nSPS) is 12.5. The Bertz CT molecular complexity index is 1320. The molecule has 0 N–H and O–H groups in total. The number of para-hydroxylation sites is 1. The Hall–Kier alpha value is -2.93. The number of fused-ring (bicyclic) bond motifs is 3. The summed E-state index contributed by atoms with van der Waals surface area (Å²) in [6.45, 7) is 8.51. The summed E-state index contributed by atoms with van der Waals surface area (Å²) in [6.07, 6.45) is 0.810. The van der Waals surface area contributed by atoms with Crippen LogP contribution in [-0.4, -0.2) is 30.2 Å². The molecule has 4 rings (SSSR count). The fraction of sp³-hybridized carbons (Fsp3) is 0.304. The van der Waals surface area contributed by atoms with Gasteiger partial charge in [0.25, 0.3) is 5.56 Å². The molecule has 154 valence electrons. The Morgan fingerprint density at radius 1 is 1.10 bits per heavy atom. The standard InChI is InChI=1S/C23H24N4O2S/c1-5-12-26-21(29)18-8-6-7-9-19(18)27-22(26)24-25-23(27)30-16(4)20(28)17-11-10-14(2)15(3)13-17/h6-11,13,16H,5,12H2,1-4H3. The fourth-order valence-electron chi connectivity index (χ4n) is 3.58. The van der Waals surface area contributed by atoms with Crippen LogP contribution in [0.1, 0.15) is 41.8 Å². The van der Waals surface area contributed by atoms with Gasteiger partial charge in [0.1, 0.15) is 0 Å². The number of ketones is 1. The van der Waals surface area contributed by atoms with Crippen LogP contribution in [0.2, 0.25) is 0 Å². The van der Waals surface area contributed by atoms with Crippen molar-refractivity contribution in [3.05, 3.63) is 69.5 Å². The van der Waals surface area contributed by atoms with Crippen LogP contribution in [0, 0.1) is 13.8 Å². The van der Waals surface area contributed by atoms with Gasteiger partial charge in [0, 0.05) is 12.1 Å². The summed E-state index contributed by atoms with van der Waals surface area (Å²) in [5.41, 5.74) is 3.64. The summed E-state index contributed by atoms with van der Waals surface area (Å²) in [6, 6.07) is 13.2. The minimum Gasteiger partial charge on any atom is -0.293 e. The van der Waals surface area contributed by atoms with Crippen molar-refractivity contribution >= 4 is 34.2 Å². The average Bonchev–Trinajstić information content (AvgIpc) is 3.16. The molecule has 0 bridgehead atoms. The molecule has 0 spiro atoms. The first-order chi connectivity index (χ1) is 14.4.